The smallest absolute Gasteiger partial charge is 0.232 e. The van der Waals surface area contributed by atoms with Gasteiger partial charge in [-0.1, -0.05) is 31.4 Å². The van der Waals surface area contributed by atoms with Crippen molar-refractivity contribution in [2.75, 3.05) is 29.9 Å². The van der Waals surface area contributed by atoms with Crippen molar-refractivity contribution in [1.29, 1.82) is 0 Å². The number of rotatable bonds is 4. The molecular formula is C14H22ClN5S. The zero-order valence-corrected chi connectivity index (χ0v) is 13.9. The number of hydrogen-bond acceptors (Lipinski definition) is 4. The third-order valence-corrected chi connectivity index (χ3v) is 3.81. The molecule has 0 amide bonds. The Labute approximate surface area is 136 Å². The second-order valence-electron chi connectivity index (χ2n) is 5.15. The van der Waals surface area contributed by atoms with Crippen molar-refractivity contribution >= 4 is 40.7 Å². The topological polar surface area (TPSA) is 53.1 Å². The maximum atomic E-state index is 6.12. The molecule has 1 aromatic heterocycles. The Hall–Kier alpha value is -1.14. The van der Waals surface area contributed by atoms with E-state index in [1.165, 1.54) is 25.7 Å². The molecule has 2 N–H and O–H groups in total. The number of anilines is 2. The molecule has 1 aliphatic heterocycles. The molecule has 116 valence electrons. The minimum Gasteiger partial charge on any atom is -0.362 e. The lowest BCUT2D eigenvalue weighted by Gasteiger charge is -2.22. The summed E-state index contributed by atoms with van der Waals surface area (Å²) in [6, 6.07) is 1.82. The van der Waals surface area contributed by atoms with E-state index < -0.39 is 0 Å². The number of hydrogen-bond donors (Lipinski definition) is 2. The molecule has 0 spiro atoms. The van der Waals surface area contributed by atoms with E-state index in [0.717, 1.165) is 31.9 Å². The molecule has 1 fully saturated rings. The van der Waals surface area contributed by atoms with Crippen LogP contribution in [-0.4, -0.2) is 34.7 Å². The highest BCUT2D eigenvalue weighted by molar-refractivity contribution is 7.80. The fraction of sp³-hybridized carbons (Fsp3) is 0.643. The van der Waals surface area contributed by atoms with Crippen LogP contribution in [-0.2, 0) is 0 Å². The lowest BCUT2D eigenvalue weighted by Crippen LogP contribution is -2.30. The lowest BCUT2D eigenvalue weighted by atomic mass is 10.2. The van der Waals surface area contributed by atoms with E-state index in [1.807, 2.05) is 6.07 Å². The van der Waals surface area contributed by atoms with Gasteiger partial charge < -0.3 is 15.5 Å². The molecule has 0 atom stereocenters. The van der Waals surface area contributed by atoms with Crippen molar-refractivity contribution in [3.63, 3.8) is 0 Å². The summed E-state index contributed by atoms with van der Waals surface area (Å²) in [6.45, 7) is 4.95. The average molecular weight is 328 g/mol. The second-order valence-corrected chi connectivity index (χ2v) is 5.95. The highest BCUT2D eigenvalue weighted by atomic mass is 35.5. The standard InChI is InChI=1S/C14H22ClN5S/c1-2-7-16-14(21)19-13-17-11(15)10-12(18-13)20-8-5-3-4-6-9-20/h10H,2-9H2,1H3,(H2,16,17,18,19,21). The van der Waals surface area contributed by atoms with Gasteiger partial charge in [0.2, 0.25) is 5.95 Å². The summed E-state index contributed by atoms with van der Waals surface area (Å²) in [4.78, 5) is 11.0. The molecule has 1 saturated heterocycles. The van der Waals surface area contributed by atoms with Gasteiger partial charge >= 0.3 is 0 Å². The number of nitrogens with zero attached hydrogens (tertiary/aromatic N) is 3. The van der Waals surface area contributed by atoms with Gasteiger partial charge in [-0.15, -0.1) is 0 Å². The van der Waals surface area contributed by atoms with Crippen molar-refractivity contribution in [1.82, 2.24) is 15.3 Å². The van der Waals surface area contributed by atoms with Crippen LogP contribution in [0.15, 0.2) is 6.07 Å². The third kappa shape index (κ3) is 5.28. The number of thiocarbonyl (C=S) groups is 1. The molecular weight excluding hydrogens is 306 g/mol. The van der Waals surface area contributed by atoms with Crippen molar-refractivity contribution in [2.45, 2.75) is 39.0 Å². The second kappa shape index (κ2) is 8.34. The highest BCUT2D eigenvalue weighted by Gasteiger charge is 2.13. The monoisotopic (exact) mass is 327 g/mol. The van der Waals surface area contributed by atoms with Gasteiger partial charge in [-0.3, -0.25) is 0 Å². The van der Waals surface area contributed by atoms with E-state index in [1.54, 1.807) is 0 Å². The molecule has 1 aromatic rings. The minimum atomic E-state index is 0.435. The molecule has 0 aliphatic carbocycles. The van der Waals surface area contributed by atoms with Crippen LogP contribution in [0, 0.1) is 0 Å². The fourth-order valence-electron chi connectivity index (χ4n) is 2.31. The Morgan fingerprint density at radius 3 is 2.67 bits per heavy atom. The SMILES string of the molecule is CCCNC(=S)Nc1nc(Cl)cc(N2CCCCCC2)n1. The van der Waals surface area contributed by atoms with Gasteiger partial charge in [0.15, 0.2) is 5.11 Å². The Balaban J connectivity index is 2.07. The zero-order chi connectivity index (χ0) is 15.1. The molecule has 0 saturated carbocycles. The number of halogens is 1. The number of aromatic nitrogens is 2. The molecule has 0 bridgehead atoms. The van der Waals surface area contributed by atoms with Gasteiger partial charge in [0.1, 0.15) is 11.0 Å². The number of nitrogens with one attached hydrogen (secondary N) is 2. The van der Waals surface area contributed by atoms with E-state index in [4.69, 9.17) is 23.8 Å². The molecule has 0 unspecified atom stereocenters. The van der Waals surface area contributed by atoms with Crippen LogP contribution in [0.1, 0.15) is 39.0 Å². The Morgan fingerprint density at radius 1 is 1.29 bits per heavy atom. The van der Waals surface area contributed by atoms with Gasteiger partial charge in [0, 0.05) is 25.7 Å². The van der Waals surface area contributed by atoms with Gasteiger partial charge in [-0.05, 0) is 31.5 Å². The summed E-state index contributed by atoms with van der Waals surface area (Å²) in [6.07, 6.45) is 5.97. The van der Waals surface area contributed by atoms with Crippen LogP contribution in [0.25, 0.3) is 0 Å². The van der Waals surface area contributed by atoms with E-state index in [0.29, 0.717) is 16.2 Å². The quantitative estimate of drug-likeness (QED) is 0.654. The van der Waals surface area contributed by atoms with Crippen LogP contribution < -0.4 is 15.5 Å². The van der Waals surface area contributed by atoms with Gasteiger partial charge in [-0.2, -0.15) is 4.98 Å². The third-order valence-electron chi connectivity index (χ3n) is 3.37. The van der Waals surface area contributed by atoms with E-state index in [2.05, 4.69) is 32.4 Å². The van der Waals surface area contributed by atoms with Crippen molar-refractivity contribution in [3.05, 3.63) is 11.2 Å². The first-order valence-corrected chi connectivity index (χ1v) is 8.32. The van der Waals surface area contributed by atoms with Crippen LogP contribution in [0.2, 0.25) is 5.15 Å². The van der Waals surface area contributed by atoms with Gasteiger partial charge in [0.25, 0.3) is 0 Å². The average Bonchev–Trinajstić information content (AvgIpc) is 2.73. The first kappa shape index (κ1) is 16.2. The fourth-order valence-corrected chi connectivity index (χ4v) is 2.68. The molecule has 5 nitrogen and oxygen atoms in total. The maximum Gasteiger partial charge on any atom is 0.232 e. The first-order chi connectivity index (χ1) is 10.2. The highest BCUT2D eigenvalue weighted by Crippen LogP contribution is 2.21. The molecule has 7 heteroatoms. The Kier molecular flexibility index (Phi) is 6.45. The summed E-state index contributed by atoms with van der Waals surface area (Å²) in [5, 5.41) is 7.06. The summed E-state index contributed by atoms with van der Waals surface area (Å²) in [7, 11) is 0. The molecule has 1 aliphatic rings. The van der Waals surface area contributed by atoms with Crippen LogP contribution in [0.4, 0.5) is 11.8 Å². The van der Waals surface area contributed by atoms with Crippen molar-refractivity contribution in [3.8, 4) is 0 Å². The molecule has 0 aromatic carbocycles. The first-order valence-electron chi connectivity index (χ1n) is 7.53. The van der Waals surface area contributed by atoms with E-state index in [-0.39, 0.29) is 0 Å². The zero-order valence-electron chi connectivity index (χ0n) is 12.4. The predicted octanol–water partition coefficient (Wildman–Crippen LogP) is 3.21. The van der Waals surface area contributed by atoms with Crippen molar-refractivity contribution < 1.29 is 0 Å². The van der Waals surface area contributed by atoms with Gasteiger partial charge in [-0.25, -0.2) is 4.98 Å². The molecule has 21 heavy (non-hydrogen) atoms. The normalized spacial score (nSPS) is 15.4. The molecule has 2 heterocycles. The van der Waals surface area contributed by atoms with Crippen molar-refractivity contribution in [2.24, 2.45) is 0 Å². The predicted molar refractivity (Wildman–Crippen MR) is 92.2 cm³/mol. The summed E-state index contributed by atoms with van der Waals surface area (Å²) in [5.74, 6) is 1.33. The van der Waals surface area contributed by atoms with Crippen LogP contribution >= 0.6 is 23.8 Å². The molecule has 0 radical (unpaired) electrons. The Bertz CT molecular complexity index is 474. The van der Waals surface area contributed by atoms with Gasteiger partial charge in [0.05, 0.1) is 0 Å². The largest absolute Gasteiger partial charge is 0.362 e. The summed E-state index contributed by atoms with van der Waals surface area (Å²) in [5.41, 5.74) is 0. The lowest BCUT2D eigenvalue weighted by molar-refractivity contribution is 0.726. The Morgan fingerprint density at radius 2 is 2.00 bits per heavy atom. The summed E-state index contributed by atoms with van der Waals surface area (Å²) < 4.78 is 0. The van der Waals surface area contributed by atoms with E-state index >= 15 is 0 Å². The summed E-state index contributed by atoms with van der Waals surface area (Å²) >= 11 is 11.3. The van der Waals surface area contributed by atoms with Crippen LogP contribution in [0.3, 0.4) is 0 Å². The molecule has 2 rings (SSSR count). The maximum absolute atomic E-state index is 6.12. The minimum absolute atomic E-state index is 0.435. The van der Waals surface area contributed by atoms with E-state index in [9.17, 15) is 0 Å². The van der Waals surface area contributed by atoms with Crippen LogP contribution in [0.5, 0.6) is 0 Å².